The van der Waals surface area contributed by atoms with E-state index in [1.54, 1.807) is 6.92 Å². The molecule has 0 aliphatic rings. The van der Waals surface area contributed by atoms with E-state index in [9.17, 15) is 9.59 Å². The van der Waals surface area contributed by atoms with Gasteiger partial charge in [0.1, 0.15) is 6.04 Å². The van der Waals surface area contributed by atoms with E-state index in [1.807, 2.05) is 32.0 Å². The highest BCUT2D eigenvalue weighted by atomic mass is 16.2. The highest BCUT2D eigenvalue weighted by Crippen LogP contribution is 2.13. The largest absolute Gasteiger partial charge is 0.352 e. The van der Waals surface area contributed by atoms with Gasteiger partial charge in [0.25, 0.3) is 0 Å². The molecule has 1 aromatic rings. The number of urea groups is 1. The summed E-state index contributed by atoms with van der Waals surface area (Å²) in [6.07, 6.45) is 0. The maximum atomic E-state index is 11.7. The molecule has 3 amide bonds. The Morgan fingerprint density at radius 1 is 1.18 bits per heavy atom. The monoisotopic (exact) mass is 235 g/mol. The van der Waals surface area contributed by atoms with Crippen LogP contribution in [-0.2, 0) is 4.79 Å². The first-order valence-electron chi connectivity index (χ1n) is 5.33. The summed E-state index contributed by atoms with van der Waals surface area (Å²) in [7, 11) is 0. The zero-order chi connectivity index (χ0) is 13.0. The maximum Gasteiger partial charge on any atom is 0.312 e. The van der Waals surface area contributed by atoms with Crippen LogP contribution in [-0.4, -0.2) is 18.0 Å². The number of anilines is 1. The Hall–Kier alpha value is -2.04. The third-order valence-electron chi connectivity index (χ3n) is 2.24. The zero-order valence-electron chi connectivity index (χ0n) is 10.2. The SMILES string of the molecule is Cc1cc(C)cc(NC(=O)C(C)NC(N)=O)c1. The molecule has 5 heteroatoms. The number of carbonyl (C=O) groups is 2. The second-order valence-electron chi connectivity index (χ2n) is 4.10. The molecular formula is C12H17N3O2. The fourth-order valence-electron chi connectivity index (χ4n) is 1.58. The molecule has 0 heterocycles. The summed E-state index contributed by atoms with van der Waals surface area (Å²) in [5.41, 5.74) is 7.79. The van der Waals surface area contributed by atoms with Crippen LogP contribution >= 0.6 is 0 Å². The van der Waals surface area contributed by atoms with Crippen LogP contribution < -0.4 is 16.4 Å². The van der Waals surface area contributed by atoms with Gasteiger partial charge < -0.3 is 16.4 Å². The van der Waals surface area contributed by atoms with Gasteiger partial charge in [-0.05, 0) is 44.0 Å². The Morgan fingerprint density at radius 2 is 1.71 bits per heavy atom. The predicted molar refractivity (Wildman–Crippen MR) is 66.7 cm³/mol. The van der Waals surface area contributed by atoms with Gasteiger partial charge in [-0.3, -0.25) is 4.79 Å². The summed E-state index contributed by atoms with van der Waals surface area (Å²) in [5, 5.41) is 5.04. The number of nitrogens with one attached hydrogen (secondary N) is 2. The molecule has 0 aromatic heterocycles. The lowest BCUT2D eigenvalue weighted by atomic mass is 10.1. The van der Waals surface area contributed by atoms with Crippen LogP contribution in [0.4, 0.5) is 10.5 Å². The van der Waals surface area contributed by atoms with Crippen molar-refractivity contribution in [3.8, 4) is 0 Å². The Morgan fingerprint density at radius 3 is 2.18 bits per heavy atom. The van der Waals surface area contributed by atoms with Gasteiger partial charge in [-0.2, -0.15) is 0 Å². The fourth-order valence-corrected chi connectivity index (χ4v) is 1.58. The highest BCUT2D eigenvalue weighted by molar-refractivity contribution is 5.96. The van der Waals surface area contributed by atoms with E-state index in [4.69, 9.17) is 5.73 Å². The molecule has 0 saturated carbocycles. The second kappa shape index (κ2) is 5.34. The fraction of sp³-hybridized carbons (Fsp3) is 0.333. The van der Waals surface area contributed by atoms with Crippen molar-refractivity contribution < 1.29 is 9.59 Å². The predicted octanol–water partition coefficient (Wildman–Crippen LogP) is 1.30. The molecule has 0 radical (unpaired) electrons. The first-order chi connectivity index (χ1) is 7.88. The van der Waals surface area contributed by atoms with Crippen LogP contribution in [0.15, 0.2) is 18.2 Å². The Kier molecular flexibility index (Phi) is 4.09. The van der Waals surface area contributed by atoms with Crippen molar-refractivity contribution >= 4 is 17.6 Å². The smallest absolute Gasteiger partial charge is 0.312 e. The van der Waals surface area contributed by atoms with E-state index < -0.39 is 12.1 Å². The number of carbonyl (C=O) groups excluding carboxylic acids is 2. The van der Waals surface area contributed by atoms with E-state index in [0.717, 1.165) is 11.1 Å². The average molecular weight is 235 g/mol. The average Bonchev–Trinajstić information content (AvgIpc) is 2.14. The summed E-state index contributed by atoms with van der Waals surface area (Å²) in [5.74, 6) is -0.297. The quantitative estimate of drug-likeness (QED) is 0.737. The summed E-state index contributed by atoms with van der Waals surface area (Å²) in [6, 6.07) is 4.37. The minimum atomic E-state index is -0.715. The Bertz CT molecular complexity index is 423. The highest BCUT2D eigenvalue weighted by Gasteiger charge is 2.14. The molecule has 1 unspecified atom stereocenters. The van der Waals surface area contributed by atoms with Crippen molar-refractivity contribution in [2.24, 2.45) is 5.73 Å². The number of nitrogens with two attached hydrogens (primary N) is 1. The number of hydrogen-bond acceptors (Lipinski definition) is 2. The van der Waals surface area contributed by atoms with Crippen molar-refractivity contribution in [3.05, 3.63) is 29.3 Å². The summed E-state index contributed by atoms with van der Waals surface area (Å²) in [6.45, 7) is 5.48. The Labute approximate surface area is 100 Å². The van der Waals surface area contributed by atoms with Gasteiger partial charge in [0.05, 0.1) is 0 Å². The number of hydrogen-bond donors (Lipinski definition) is 3. The summed E-state index contributed by atoms with van der Waals surface area (Å²) in [4.78, 5) is 22.3. The van der Waals surface area contributed by atoms with Crippen molar-refractivity contribution in [2.75, 3.05) is 5.32 Å². The zero-order valence-corrected chi connectivity index (χ0v) is 10.2. The van der Waals surface area contributed by atoms with Crippen molar-refractivity contribution in [1.29, 1.82) is 0 Å². The third kappa shape index (κ3) is 4.14. The molecule has 1 rings (SSSR count). The van der Waals surface area contributed by atoms with Gasteiger partial charge in [0, 0.05) is 5.69 Å². The molecule has 1 aromatic carbocycles. The van der Waals surface area contributed by atoms with Crippen LogP contribution in [0.1, 0.15) is 18.1 Å². The normalized spacial score (nSPS) is 11.7. The minimum Gasteiger partial charge on any atom is -0.352 e. The number of aryl methyl sites for hydroxylation is 2. The summed E-state index contributed by atoms with van der Waals surface area (Å²) >= 11 is 0. The van der Waals surface area contributed by atoms with Crippen molar-refractivity contribution in [2.45, 2.75) is 26.8 Å². The Balaban J connectivity index is 2.70. The molecule has 1 atom stereocenters. The van der Waals surface area contributed by atoms with E-state index in [2.05, 4.69) is 10.6 Å². The molecule has 0 spiro atoms. The van der Waals surface area contributed by atoms with Gasteiger partial charge in [0.2, 0.25) is 5.91 Å². The van der Waals surface area contributed by atoms with E-state index >= 15 is 0 Å². The molecule has 92 valence electrons. The van der Waals surface area contributed by atoms with Crippen molar-refractivity contribution in [1.82, 2.24) is 5.32 Å². The lowest BCUT2D eigenvalue weighted by molar-refractivity contribution is -0.117. The molecule has 0 aliphatic carbocycles. The molecule has 0 fully saturated rings. The van der Waals surface area contributed by atoms with Crippen LogP contribution in [0.3, 0.4) is 0 Å². The molecule has 0 bridgehead atoms. The van der Waals surface area contributed by atoms with Gasteiger partial charge in [0.15, 0.2) is 0 Å². The first kappa shape index (κ1) is 13.0. The number of amides is 3. The van der Waals surface area contributed by atoms with E-state index in [1.165, 1.54) is 0 Å². The topological polar surface area (TPSA) is 84.2 Å². The van der Waals surface area contributed by atoms with Gasteiger partial charge in [-0.15, -0.1) is 0 Å². The third-order valence-corrected chi connectivity index (χ3v) is 2.24. The van der Waals surface area contributed by atoms with Gasteiger partial charge >= 0.3 is 6.03 Å². The summed E-state index contributed by atoms with van der Waals surface area (Å²) < 4.78 is 0. The van der Waals surface area contributed by atoms with Crippen LogP contribution in [0.5, 0.6) is 0 Å². The number of rotatable bonds is 3. The van der Waals surface area contributed by atoms with Crippen molar-refractivity contribution in [3.63, 3.8) is 0 Å². The molecule has 4 N–H and O–H groups in total. The lowest BCUT2D eigenvalue weighted by Gasteiger charge is -2.13. The van der Waals surface area contributed by atoms with Crippen LogP contribution in [0.25, 0.3) is 0 Å². The van der Waals surface area contributed by atoms with Gasteiger partial charge in [-0.1, -0.05) is 6.07 Å². The number of primary amides is 1. The van der Waals surface area contributed by atoms with E-state index in [-0.39, 0.29) is 5.91 Å². The molecule has 0 aliphatic heterocycles. The standard InChI is InChI=1S/C12H17N3O2/c1-7-4-8(2)6-10(5-7)15-11(16)9(3)14-12(13)17/h4-6,9H,1-3H3,(H,15,16)(H3,13,14,17). The minimum absolute atomic E-state index is 0.297. The second-order valence-corrected chi connectivity index (χ2v) is 4.10. The van der Waals surface area contributed by atoms with E-state index in [0.29, 0.717) is 5.69 Å². The number of benzene rings is 1. The maximum absolute atomic E-state index is 11.7. The van der Waals surface area contributed by atoms with Gasteiger partial charge in [-0.25, -0.2) is 4.79 Å². The molecule has 17 heavy (non-hydrogen) atoms. The molecule has 0 saturated heterocycles. The molecular weight excluding hydrogens is 218 g/mol. The first-order valence-corrected chi connectivity index (χ1v) is 5.33. The van der Waals surface area contributed by atoms with Crippen LogP contribution in [0, 0.1) is 13.8 Å². The lowest BCUT2D eigenvalue weighted by Crippen LogP contribution is -2.44. The molecule has 5 nitrogen and oxygen atoms in total. The van der Waals surface area contributed by atoms with Crippen LogP contribution in [0.2, 0.25) is 0 Å².